The van der Waals surface area contributed by atoms with E-state index in [4.69, 9.17) is 0 Å². The lowest BCUT2D eigenvalue weighted by Crippen LogP contribution is -2.40. The molecule has 0 spiro atoms. The summed E-state index contributed by atoms with van der Waals surface area (Å²) < 4.78 is 27.8. The van der Waals surface area contributed by atoms with Gasteiger partial charge in [0.1, 0.15) is 0 Å². The van der Waals surface area contributed by atoms with Crippen molar-refractivity contribution in [3.8, 4) is 5.82 Å². The minimum absolute atomic E-state index is 0.200. The Bertz CT molecular complexity index is 659. The molecule has 0 aromatic carbocycles. The van der Waals surface area contributed by atoms with Gasteiger partial charge in [0.05, 0.1) is 12.6 Å². The smallest absolute Gasteiger partial charge is 0.262 e. The number of alkyl halides is 2. The van der Waals surface area contributed by atoms with Crippen LogP contribution in [0.3, 0.4) is 0 Å². The number of carbonyl (C=O) groups excluding carboxylic acids is 1. The van der Waals surface area contributed by atoms with Crippen molar-refractivity contribution in [1.82, 2.24) is 25.4 Å². The third kappa shape index (κ3) is 3.11. The van der Waals surface area contributed by atoms with Crippen LogP contribution in [0.15, 0.2) is 36.8 Å². The third-order valence-electron chi connectivity index (χ3n) is 3.47. The molecule has 1 atom stereocenters. The zero-order valence-corrected chi connectivity index (χ0v) is 11.7. The fourth-order valence-electron chi connectivity index (χ4n) is 2.38. The topological polar surface area (TPSA) is 71.8 Å². The first kappa shape index (κ1) is 14.6. The summed E-state index contributed by atoms with van der Waals surface area (Å²) in [7, 11) is 0. The highest BCUT2D eigenvalue weighted by Crippen LogP contribution is 2.25. The van der Waals surface area contributed by atoms with Gasteiger partial charge in [0.15, 0.2) is 5.82 Å². The first-order chi connectivity index (χ1) is 10.6. The Balaban J connectivity index is 1.66. The van der Waals surface area contributed by atoms with Crippen LogP contribution in [0.2, 0.25) is 0 Å². The zero-order chi connectivity index (χ0) is 15.6. The first-order valence-electron chi connectivity index (χ1n) is 6.88. The van der Waals surface area contributed by atoms with Gasteiger partial charge in [-0.1, -0.05) is 6.07 Å². The lowest BCUT2D eigenvalue weighted by Gasteiger charge is -2.13. The molecule has 0 saturated carbocycles. The number of halogens is 2. The number of nitrogens with zero attached hydrogens (tertiary/aromatic N) is 3. The van der Waals surface area contributed by atoms with E-state index in [0.29, 0.717) is 5.82 Å². The van der Waals surface area contributed by atoms with Gasteiger partial charge in [0.2, 0.25) is 5.91 Å². The molecule has 2 N–H and O–H groups in total. The molecule has 22 heavy (non-hydrogen) atoms. The molecule has 1 fully saturated rings. The highest BCUT2D eigenvalue weighted by molar-refractivity contribution is 5.82. The summed E-state index contributed by atoms with van der Waals surface area (Å²) in [6.45, 7) is -0.262. The number of carbonyl (C=O) groups is 1. The minimum Gasteiger partial charge on any atom is -0.351 e. The number of amides is 1. The molecule has 2 aromatic heterocycles. The van der Waals surface area contributed by atoms with Crippen molar-refractivity contribution in [2.75, 3.05) is 6.54 Å². The molecule has 2 aromatic rings. The molecule has 6 nitrogen and oxygen atoms in total. The maximum Gasteiger partial charge on any atom is 0.262 e. The van der Waals surface area contributed by atoms with Crippen LogP contribution < -0.4 is 10.6 Å². The van der Waals surface area contributed by atoms with E-state index < -0.39 is 30.8 Å². The summed E-state index contributed by atoms with van der Waals surface area (Å²) in [5.41, 5.74) is 0.754. The standard InChI is InChI=1S/C14H15F2N5O/c15-14(16)7-11(19-9-14)13(22)18-8-10-3-1-4-17-12(10)21-6-2-5-20-21/h1-6,11,19H,7-9H2,(H,18,22). The molecule has 1 aliphatic heterocycles. The van der Waals surface area contributed by atoms with Crippen molar-refractivity contribution in [2.24, 2.45) is 0 Å². The fourth-order valence-corrected chi connectivity index (χ4v) is 2.38. The molecule has 1 saturated heterocycles. The first-order valence-corrected chi connectivity index (χ1v) is 6.88. The molecular weight excluding hydrogens is 292 g/mol. The molecule has 1 aliphatic rings. The summed E-state index contributed by atoms with van der Waals surface area (Å²) in [6.07, 6.45) is 4.52. The summed E-state index contributed by atoms with van der Waals surface area (Å²) in [5.74, 6) is -2.67. The molecular formula is C14H15F2N5O. The largest absolute Gasteiger partial charge is 0.351 e. The van der Waals surface area contributed by atoms with Gasteiger partial charge in [-0.15, -0.1) is 0 Å². The molecule has 0 bridgehead atoms. The zero-order valence-electron chi connectivity index (χ0n) is 11.7. The Kier molecular flexibility index (Phi) is 3.84. The van der Waals surface area contributed by atoms with Crippen molar-refractivity contribution in [3.05, 3.63) is 42.4 Å². The van der Waals surface area contributed by atoms with Gasteiger partial charge >= 0.3 is 0 Å². The van der Waals surface area contributed by atoms with Crippen molar-refractivity contribution in [2.45, 2.75) is 24.9 Å². The number of rotatable bonds is 4. The summed E-state index contributed by atoms with van der Waals surface area (Å²) in [6, 6.07) is 4.46. The van der Waals surface area contributed by atoms with Crippen molar-refractivity contribution in [3.63, 3.8) is 0 Å². The summed E-state index contributed by atoms with van der Waals surface area (Å²) in [4.78, 5) is 16.2. The van der Waals surface area contributed by atoms with Crippen LogP contribution in [0.4, 0.5) is 8.78 Å². The van der Waals surface area contributed by atoms with Crippen LogP contribution in [-0.2, 0) is 11.3 Å². The lowest BCUT2D eigenvalue weighted by molar-refractivity contribution is -0.123. The summed E-state index contributed by atoms with van der Waals surface area (Å²) >= 11 is 0. The van der Waals surface area contributed by atoms with Crippen LogP contribution in [0, 0.1) is 0 Å². The van der Waals surface area contributed by atoms with Crippen molar-refractivity contribution < 1.29 is 13.6 Å². The predicted octanol–water partition coefficient (Wildman–Crippen LogP) is 0.881. The fraction of sp³-hybridized carbons (Fsp3) is 0.357. The average Bonchev–Trinajstić information content (AvgIpc) is 3.14. The quantitative estimate of drug-likeness (QED) is 0.879. The molecule has 3 rings (SSSR count). The van der Waals surface area contributed by atoms with Crippen LogP contribution in [-0.4, -0.2) is 39.2 Å². The van der Waals surface area contributed by atoms with E-state index in [1.165, 1.54) is 0 Å². The molecule has 1 amide bonds. The lowest BCUT2D eigenvalue weighted by atomic mass is 10.1. The van der Waals surface area contributed by atoms with E-state index in [2.05, 4.69) is 20.7 Å². The monoisotopic (exact) mass is 307 g/mol. The third-order valence-corrected chi connectivity index (χ3v) is 3.47. The van der Waals surface area contributed by atoms with Crippen molar-refractivity contribution in [1.29, 1.82) is 0 Å². The van der Waals surface area contributed by atoms with Gasteiger partial charge in [0, 0.05) is 37.1 Å². The Hall–Kier alpha value is -2.35. The SMILES string of the molecule is O=C(NCc1cccnc1-n1cccn1)C1CC(F)(F)CN1. The average molecular weight is 307 g/mol. The Morgan fingerprint density at radius 3 is 3.00 bits per heavy atom. The number of hydrogen-bond donors (Lipinski definition) is 2. The van der Waals surface area contributed by atoms with Gasteiger partial charge in [-0.25, -0.2) is 18.4 Å². The van der Waals surface area contributed by atoms with Gasteiger partial charge in [0.25, 0.3) is 5.92 Å². The van der Waals surface area contributed by atoms with Gasteiger partial charge in [-0.2, -0.15) is 5.10 Å². The van der Waals surface area contributed by atoms with E-state index in [9.17, 15) is 13.6 Å². The molecule has 1 unspecified atom stereocenters. The highest BCUT2D eigenvalue weighted by Gasteiger charge is 2.42. The maximum atomic E-state index is 13.1. The molecule has 0 radical (unpaired) electrons. The Morgan fingerprint density at radius 1 is 1.45 bits per heavy atom. The highest BCUT2D eigenvalue weighted by atomic mass is 19.3. The normalized spacial score (nSPS) is 20.0. The van der Waals surface area contributed by atoms with Crippen LogP contribution >= 0.6 is 0 Å². The summed E-state index contributed by atoms with van der Waals surface area (Å²) in [5, 5.41) is 9.30. The molecule has 116 valence electrons. The van der Waals surface area contributed by atoms with E-state index in [1.54, 1.807) is 41.5 Å². The Morgan fingerprint density at radius 2 is 2.32 bits per heavy atom. The van der Waals surface area contributed by atoms with Crippen LogP contribution in [0.5, 0.6) is 0 Å². The number of pyridine rings is 1. The van der Waals surface area contributed by atoms with E-state index in [-0.39, 0.29) is 6.54 Å². The van der Waals surface area contributed by atoms with E-state index >= 15 is 0 Å². The Labute approximate surface area is 125 Å². The van der Waals surface area contributed by atoms with E-state index in [0.717, 1.165) is 5.56 Å². The number of hydrogen-bond acceptors (Lipinski definition) is 4. The van der Waals surface area contributed by atoms with Gasteiger partial charge < -0.3 is 5.32 Å². The molecule has 0 aliphatic carbocycles. The van der Waals surface area contributed by atoms with Crippen molar-refractivity contribution >= 4 is 5.91 Å². The van der Waals surface area contributed by atoms with Crippen LogP contribution in [0.1, 0.15) is 12.0 Å². The van der Waals surface area contributed by atoms with Gasteiger partial charge in [-0.3, -0.25) is 10.1 Å². The molecule has 8 heteroatoms. The second-order valence-electron chi connectivity index (χ2n) is 5.15. The maximum absolute atomic E-state index is 13.1. The second-order valence-corrected chi connectivity index (χ2v) is 5.15. The van der Waals surface area contributed by atoms with E-state index in [1.807, 2.05) is 0 Å². The van der Waals surface area contributed by atoms with Crippen LogP contribution in [0.25, 0.3) is 5.82 Å². The van der Waals surface area contributed by atoms with Gasteiger partial charge in [-0.05, 0) is 12.1 Å². The molecule has 3 heterocycles. The predicted molar refractivity (Wildman–Crippen MR) is 74.6 cm³/mol. The second kappa shape index (κ2) is 5.80. The number of nitrogens with one attached hydrogen (secondary N) is 2. The number of aromatic nitrogens is 3. The minimum atomic E-state index is -2.82.